The van der Waals surface area contributed by atoms with Gasteiger partial charge in [-0.2, -0.15) is 0 Å². The third-order valence-corrected chi connectivity index (χ3v) is 5.57. The van der Waals surface area contributed by atoms with Crippen molar-refractivity contribution in [2.75, 3.05) is 18.4 Å². The highest BCUT2D eigenvalue weighted by Gasteiger charge is 2.37. The number of amides is 3. The number of phenols is 1. The number of nitrogens with one attached hydrogen (secondary N) is 1. The Labute approximate surface area is 180 Å². The number of hydroxylamine groups is 2. The molecule has 1 aromatic carbocycles. The van der Waals surface area contributed by atoms with Gasteiger partial charge in [-0.1, -0.05) is 31.9 Å². The van der Waals surface area contributed by atoms with E-state index in [2.05, 4.69) is 10.3 Å². The number of benzene rings is 1. The number of carbonyl (C=O) groups is 3. The van der Waals surface area contributed by atoms with Gasteiger partial charge in [-0.3, -0.25) is 19.6 Å². The topological polar surface area (TPSA) is 123 Å². The summed E-state index contributed by atoms with van der Waals surface area (Å²) in [5.41, 5.74) is 0.385. The molecule has 1 fully saturated rings. The Bertz CT molecular complexity index is 951. The molecule has 3 N–H and O–H groups in total. The van der Waals surface area contributed by atoms with Gasteiger partial charge in [0.1, 0.15) is 23.1 Å². The molecule has 9 heteroatoms. The van der Waals surface area contributed by atoms with Crippen molar-refractivity contribution in [1.82, 2.24) is 14.9 Å². The lowest BCUT2D eigenvalue weighted by Gasteiger charge is -2.29. The van der Waals surface area contributed by atoms with Crippen molar-refractivity contribution in [3.05, 3.63) is 30.3 Å². The first-order valence-electron chi connectivity index (χ1n) is 10.6. The molecule has 2 aromatic rings. The highest BCUT2D eigenvalue weighted by atomic mass is 16.5. The van der Waals surface area contributed by atoms with Crippen LogP contribution in [0.5, 0.6) is 5.75 Å². The van der Waals surface area contributed by atoms with Gasteiger partial charge >= 0.3 is 0 Å². The van der Waals surface area contributed by atoms with Crippen LogP contribution in [-0.4, -0.2) is 62.6 Å². The summed E-state index contributed by atoms with van der Waals surface area (Å²) < 4.78 is 0. The molecule has 3 amide bonds. The molecule has 0 aliphatic carbocycles. The number of phenolic OH excluding ortho intramolecular Hbond substituents is 1. The van der Waals surface area contributed by atoms with Crippen LogP contribution in [0, 0.1) is 5.92 Å². The van der Waals surface area contributed by atoms with Crippen molar-refractivity contribution < 1.29 is 24.7 Å². The van der Waals surface area contributed by atoms with Crippen LogP contribution in [0.25, 0.3) is 10.9 Å². The summed E-state index contributed by atoms with van der Waals surface area (Å²) in [6, 6.07) is 7.81. The van der Waals surface area contributed by atoms with Crippen LogP contribution in [0.1, 0.15) is 39.0 Å². The van der Waals surface area contributed by atoms with E-state index in [0.717, 1.165) is 18.2 Å². The number of aromatic nitrogens is 1. The normalized spacial score (nSPS) is 16.8. The number of rotatable bonds is 9. The average molecular weight is 428 g/mol. The maximum Gasteiger partial charge on any atom is 0.248 e. The van der Waals surface area contributed by atoms with Crippen LogP contribution in [0.3, 0.4) is 0 Å². The van der Waals surface area contributed by atoms with Gasteiger partial charge < -0.3 is 15.3 Å². The second-order valence-electron chi connectivity index (χ2n) is 7.79. The second-order valence-corrected chi connectivity index (χ2v) is 7.79. The molecular formula is C22H28N4O5. The van der Waals surface area contributed by atoms with E-state index in [4.69, 9.17) is 0 Å². The summed E-state index contributed by atoms with van der Waals surface area (Å²) in [6.07, 6.45) is 3.66. The van der Waals surface area contributed by atoms with Crippen molar-refractivity contribution in [1.29, 1.82) is 0 Å². The fourth-order valence-corrected chi connectivity index (χ4v) is 3.96. The van der Waals surface area contributed by atoms with Gasteiger partial charge in [0.25, 0.3) is 0 Å². The molecule has 0 bridgehead atoms. The quantitative estimate of drug-likeness (QED) is 0.320. The summed E-state index contributed by atoms with van der Waals surface area (Å²) in [5, 5.41) is 23.6. The molecule has 31 heavy (non-hydrogen) atoms. The molecular weight excluding hydrogens is 400 g/mol. The Morgan fingerprint density at radius 2 is 2.16 bits per heavy atom. The van der Waals surface area contributed by atoms with Crippen LogP contribution in [0.15, 0.2) is 30.3 Å². The molecule has 0 spiro atoms. The number of hydrogen-bond acceptors (Lipinski definition) is 6. The minimum absolute atomic E-state index is 0.0220. The Balaban J connectivity index is 1.73. The van der Waals surface area contributed by atoms with E-state index in [9.17, 15) is 24.7 Å². The standard InChI is InChI=1S/C22H28N4O5/c1-2-3-6-16(13-25(31)14-27)22(30)26-12-5-8-17(26)21(29)24-19-11-10-15-7-4-9-18(28)20(15)23-19/h4,7,9-11,14,16-17,28,31H,2-3,5-6,8,12-13H2,1H3,(H,23,24,29)/t16-,17+/m1/s1. The molecule has 1 aliphatic rings. The van der Waals surface area contributed by atoms with Gasteiger partial charge in [-0.05, 0) is 37.5 Å². The highest BCUT2D eigenvalue weighted by Crippen LogP contribution is 2.26. The maximum atomic E-state index is 13.1. The van der Waals surface area contributed by atoms with E-state index >= 15 is 0 Å². The summed E-state index contributed by atoms with van der Waals surface area (Å²) in [6.45, 7) is 2.34. The lowest BCUT2D eigenvalue weighted by molar-refractivity contribution is -0.157. The van der Waals surface area contributed by atoms with Crippen molar-refractivity contribution in [3.63, 3.8) is 0 Å². The van der Waals surface area contributed by atoms with Gasteiger partial charge in [-0.15, -0.1) is 0 Å². The molecule has 1 aromatic heterocycles. The smallest absolute Gasteiger partial charge is 0.248 e. The van der Waals surface area contributed by atoms with Gasteiger partial charge in [-0.25, -0.2) is 10.0 Å². The predicted molar refractivity (Wildman–Crippen MR) is 114 cm³/mol. The number of pyridine rings is 1. The van der Waals surface area contributed by atoms with E-state index in [1.165, 1.54) is 11.0 Å². The van der Waals surface area contributed by atoms with E-state index in [1.54, 1.807) is 18.2 Å². The number of para-hydroxylation sites is 1. The molecule has 9 nitrogen and oxygen atoms in total. The molecule has 3 rings (SSSR count). The van der Waals surface area contributed by atoms with E-state index in [0.29, 0.717) is 42.2 Å². The molecule has 166 valence electrons. The zero-order valence-electron chi connectivity index (χ0n) is 17.5. The zero-order valence-corrected chi connectivity index (χ0v) is 17.5. The Kier molecular flexibility index (Phi) is 7.41. The van der Waals surface area contributed by atoms with Gasteiger partial charge in [0.2, 0.25) is 18.2 Å². The van der Waals surface area contributed by atoms with Gasteiger partial charge in [0, 0.05) is 11.9 Å². The minimum Gasteiger partial charge on any atom is -0.506 e. The third kappa shape index (κ3) is 5.29. The van der Waals surface area contributed by atoms with Crippen molar-refractivity contribution in [3.8, 4) is 5.75 Å². The predicted octanol–water partition coefficient (Wildman–Crippen LogP) is 2.52. The molecule has 0 saturated carbocycles. The first-order chi connectivity index (χ1) is 14.9. The minimum atomic E-state index is -0.651. The first kappa shape index (κ1) is 22.5. The fraction of sp³-hybridized carbons (Fsp3) is 0.455. The number of unbranched alkanes of at least 4 members (excludes halogenated alkanes) is 1. The molecule has 1 saturated heterocycles. The lowest BCUT2D eigenvalue weighted by Crippen LogP contribution is -2.47. The fourth-order valence-electron chi connectivity index (χ4n) is 3.96. The number of anilines is 1. The number of likely N-dealkylation sites (tertiary alicyclic amines) is 1. The van der Waals surface area contributed by atoms with Gasteiger partial charge in [0.15, 0.2) is 0 Å². The van der Waals surface area contributed by atoms with Crippen LogP contribution >= 0.6 is 0 Å². The van der Waals surface area contributed by atoms with E-state index in [-0.39, 0.29) is 30.5 Å². The Hall–Kier alpha value is -3.20. The number of nitrogens with zero attached hydrogens (tertiary/aromatic N) is 3. The van der Waals surface area contributed by atoms with E-state index in [1.807, 2.05) is 13.0 Å². The van der Waals surface area contributed by atoms with Crippen molar-refractivity contribution >= 4 is 34.9 Å². The Morgan fingerprint density at radius 3 is 2.90 bits per heavy atom. The summed E-state index contributed by atoms with van der Waals surface area (Å²) in [5.74, 6) is -0.842. The lowest BCUT2D eigenvalue weighted by atomic mass is 9.99. The number of fused-ring (bicyclic) bond motifs is 1. The SMILES string of the molecule is CCCC[C@H](CN(O)C=O)C(=O)N1CCC[C@H]1C(=O)Nc1ccc2cccc(O)c2n1. The maximum absolute atomic E-state index is 13.1. The molecule has 2 heterocycles. The van der Waals surface area contributed by atoms with E-state index < -0.39 is 12.0 Å². The summed E-state index contributed by atoms with van der Waals surface area (Å²) >= 11 is 0. The highest BCUT2D eigenvalue weighted by molar-refractivity contribution is 5.98. The largest absolute Gasteiger partial charge is 0.506 e. The molecule has 1 aliphatic heterocycles. The molecule has 0 unspecified atom stereocenters. The third-order valence-electron chi connectivity index (χ3n) is 5.57. The monoisotopic (exact) mass is 428 g/mol. The van der Waals surface area contributed by atoms with Gasteiger partial charge in [0.05, 0.1) is 12.5 Å². The van der Waals surface area contributed by atoms with Crippen LogP contribution in [0.4, 0.5) is 5.82 Å². The summed E-state index contributed by atoms with van der Waals surface area (Å²) in [7, 11) is 0. The average Bonchev–Trinajstić information content (AvgIpc) is 3.26. The number of aromatic hydroxyl groups is 1. The first-order valence-corrected chi connectivity index (χ1v) is 10.6. The zero-order chi connectivity index (χ0) is 22.4. The second kappa shape index (κ2) is 10.2. The Morgan fingerprint density at radius 1 is 1.35 bits per heavy atom. The van der Waals surface area contributed by atoms with Crippen LogP contribution in [-0.2, 0) is 14.4 Å². The summed E-state index contributed by atoms with van der Waals surface area (Å²) in [4.78, 5) is 42.7. The number of hydrogen-bond donors (Lipinski definition) is 3. The number of carbonyl (C=O) groups excluding carboxylic acids is 3. The van der Waals surface area contributed by atoms with Crippen molar-refractivity contribution in [2.24, 2.45) is 5.92 Å². The molecule has 2 atom stereocenters. The van der Waals surface area contributed by atoms with Crippen LogP contribution < -0.4 is 5.32 Å². The van der Waals surface area contributed by atoms with Crippen LogP contribution in [0.2, 0.25) is 0 Å². The van der Waals surface area contributed by atoms with Crippen molar-refractivity contribution in [2.45, 2.75) is 45.1 Å². The molecule has 0 radical (unpaired) electrons.